The van der Waals surface area contributed by atoms with E-state index in [9.17, 15) is 4.79 Å². The van der Waals surface area contributed by atoms with E-state index >= 15 is 0 Å². The Kier molecular flexibility index (Phi) is 5.10. The van der Waals surface area contributed by atoms with Gasteiger partial charge in [0.2, 0.25) is 5.91 Å². The number of hydrogen-bond donors (Lipinski definition) is 2. The predicted octanol–water partition coefficient (Wildman–Crippen LogP) is 1.18. The highest BCUT2D eigenvalue weighted by Crippen LogP contribution is 2.23. The molecule has 2 unspecified atom stereocenters. The largest absolute Gasteiger partial charge is 0.355 e. The van der Waals surface area contributed by atoms with E-state index in [1.807, 2.05) is 20.0 Å². The second kappa shape index (κ2) is 7.25. The molecule has 2 N–H and O–H groups in total. The van der Waals surface area contributed by atoms with Crippen molar-refractivity contribution in [3.05, 3.63) is 17.6 Å². The lowest BCUT2D eigenvalue weighted by molar-refractivity contribution is -0.122. The molecule has 0 aromatic carbocycles. The second-order valence-corrected chi connectivity index (χ2v) is 6.77. The standard InChI is InChI=1S/C17H27N5O/c1-12-9-19-13(2)16(21-12)22-8-4-5-14(11-22)10-20-17(23)15-6-3-7-18-15/h9,14-15,18H,3-8,10-11H2,1-2H3,(H,20,23). The fourth-order valence-electron chi connectivity index (χ4n) is 3.52. The Hall–Kier alpha value is -1.69. The molecule has 2 atom stereocenters. The third kappa shape index (κ3) is 3.99. The van der Waals surface area contributed by atoms with Gasteiger partial charge in [-0.1, -0.05) is 0 Å². The minimum absolute atomic E-state index is 0.0135. The molecule has 0 spiro atoms. The highest BCUT2D eigenvalue weighted by Gasteiger charge is 2.25. The van der Waals surface area contributed by atoms with Gasteiger partial charge in [0.05, 0.1) is 17.4 Å². The van der Waals surface area contributed by atoms with E-state index in [1.54, 1.807) is 0 Å². The number of nitrogens with one attached hydrogen (secondary N) is 2. The van der Waals surface area contributed by atoms with Gasteiger partial charge in [-0.2, -0.15) is 0 Å². The van der Waals surface area contributed by atoms with Crippen molar-refractivity contribution in [3.8, 4) is 0 Å². The highest BCUT2D eigenvalue weighted by molar-refractivity contribution is 5.82. The molecule has 6 nitrogen and oxygen atoms in total. The average Bonchev–Trinajstić information content (AvgIpc) is 3.10. The molecule has 2 aliphatic rings. The minimum Gasteiger partial charge on any atom is -0.355 e. The molecule has 2 saturated heterocycles. The Balaban J connectivity index is 1.55. The number of amides is 1. The van der Waals surface area contributed by atoms with Gasteiger partial charge in [-0.05, 0) is 52.0 Å². The van der Waals surface area contributed by atoms with Crippen LogP contribution in [0.3, 0.4) is 0 Å². The van der Waals surface area contributed by atoms with Crippen molar-refractivity contribution in [2.24, 2.45) is 5.92 Å². The van der Waals surface area contributed by atoms with Crippen LogP contribution in [0.4, 0.5) is 5.82 Å². The van der Waals surface area contributed by atoms with Gasteiger partial charge in [-0.15, -0.1) is 0 Å². The van der Waals surface area contributed by atoms with Crippen molar-refractivity contribution >= 4 is 11.7 Å². The van der Waals surface area contributed by atoms with Gasteiger partial charge in [0.1, 0.15) is 5.82 Å². The van der Waals surface area contributed by atoms with Crippen molar-refractivity contribution in [2.75, 3.05) is 31.1 Å². The van der Waals surface area contributed by atoms with E-state index in [4.69, 9.17) is 0 Å². The van der Waals surface area contributed by atoms with Gasteiger partial charge in [0, 0.05) is 25.8 Å². The molecule has 1 aromatic rings. The first-order valence-corrected chi connectivity index (χ1v) is 8.70. The number of carbonyl (C=O) groups is 1. The molecule has 2 aliphatic heterocycles. The molecule has 0 bridgehead atoms. The summed E-state index contributed by atoms with van der Waals surface area (Å²) in [6, 6.07) is 0.0135. The van der Waals surface area contributed by atoms with Crippen LogP contribution < -0.4 is 15.5 Å². The average molecular weight is 317 g/mol. The lowest BCUT2D eigenvalue weighted by Crippen LogP contribution is -2.45. The summed E-state index contributed by atoms with van der Waals surface area (Å²) in [5, 5.41) is 6.38. The zero-order valence-corrected chi connectivity index (χ0v) is 14.1. The van der Waals surface area contributed by atoms with Crippen LogP contribution in [-0.2, 0) is 4.79 Å². The summed E-state index contributed by atoms with van der Waals surface area (Å²) in [6.45, 7) is 7.67. The third-order valence-electron chi connectivity index (χ3n) is 4.81. The molecule has 3 heterocycles. The normalized spacial score (nSPS) is 24.7. The van der Waals surface area contributed by atoms with Crippen LogP contribution in [0.1, 0.15) is 37.1 Å². The van der Waals surface area contributed by atoms with Gasteiger partial charge in [-0.3, -0.25) is 9.78 Å². The maximum atomic E-state index is 12.1. The van der Waals surface area contributed by atoms with Crippen LogP contribution in [0.5, 0.6) is 0 Å². The number of rotatable bonds is 4. The fourth-order valence-corrected chi connectivity index (χ4v) is 3.52. The second-order valence-electron chi connectivity index (χ2n) is 6.77. The summed E-state index contributed by atoms with van der Waals surface area (Å²) in [5.74, 6) is 1.64. The molecule has 6 heteroatoms. The lowest BCUT2D eigenvalue weighted by atomic mass is 9.97. The Morgan fingerprint density at radius 3 is 3.04 bits per heavy atom. The zero-order valence-electron chi connectivity index (χ0n) is 14.1. The van der Waals surface area contributed by atoms with Crippen LogP contribution in [-0.4, -0.2) is 48.1 Å². The topological polar surface area (TPSA) is 70.2 Å². The van der Waals surface area contributed by atoms with Crippen molar-refractivity contribution < 1.29 is 4.79 Å². The molecular formula is C17H27N5O. The summed E-state index contributed by atoms with van der Waals surface area (Å²) in [7, 11) is 0. The summed E-state index contributed by atoms with van der Waals surface area (Å²) < 4.78 is 0. The van der Waals surface area contributed by atoms with Gasteiger partial charge in [0.15, 0.2) is 0 Å². The Morgan fingerprint density at radius 2 is 2.26 bits per heavy atom. The van der Waals surface area contributed by atoms with Crippen LogP contribution in [0.25, 0.3) is 0 Å². The summed E-state index contributed by atoms with van der Waals surface area (Å²) in [5.41, 5.74) is 1.93. The van der Waals surface area contributed by atoms with Crippen LogP contribution in [0.2, 0.25) is 0 Å². The molecule has 1 aromatic heterocycles. The van der Waals surface area contributed by atoms with Gasteiger partial charge < -0.3 is 15.5 Å². The highest BCUT2D eigenvalue weighted by atomic mass is 16.2. The van der Waals surface area contributed by atoms with Gasteiger partial charge in [-0.25, -0.2) is 4.98 Å². The summed E-state index contributed by atoms with van der Waals surface area (Å²) in [4.78, 5) is 23.5. The number of piperidine rings is 1. The monoisotopic (exact) mass is 317 g/mol. The molecule has 3 rings (SSSR count). The third-order valence-corrected chi connectivity index (χ3v) is 4.81. The number of aromatic nitrogens is 2. The Labute approximate surface area is 138 Å². The van der Waals surface area contributed by atoms with Crippen LogP contribution in [0, 0.1) is 19.8 Å². The van der Waals surface area contributed by atoms with Gasteiger partial charge in [0.25, 0.3) is 0 Å². The maximum Gasteiger partial charge on any atom is 0.237 e. The molecule has 1 amide bonds. The SMILES string of the molecule is Cc1cnc(C)c(N2CCCC(CNC(=O)C3CCCN3)C2)n1. The molecule has 0 aliphatic carbocycles. The first kappa shape index (κ1) is 16.2. The quantitative estimate of drug-likeness (QED) is 0.872. The van der Waals surface area contributed by atoms with Crippen molar-refractivity contribution in [3.63, 3.8) is 0 Å². The van der Waals surface area contributed by atoms with E-state index in [-0.39, 0.29) is 11.9 Å². The van der Waals surface area contributed by atoms with E-state index in [0.717, 1.165) is 69.1 Å². The molecule has 23 heavy (non-hydrogen) atoms. The fraction of sp³-hybridized carbons (Fsp3) is 0.706. The molecule has 0 radical (unpaired) electrons. The lowest BCUT2D eigenvalue weighted by Gasteiger charge is -2.34. The van der Waals surface area contributed by atoms with E-state index in [0.29, 0.717) is 5.92 Å². The summed E-state index contributed by atoms with van der Waals surface area (Å²) >= 11 is 0. The van der Waals surface area contributed by atoms with E-state index in [1.165, 1.54) is 0 Å². The predicted molar refractivity (Wildman–Crippen MR) is 90.5 cm³/mol. The molecule has 2 fully saturated rings. The molecule has 126 valence electrons. The minimum atomic E-state index is 0.0135. The van der Waals surface area contributed by atoms with Crippen molar-refractivity contribution in [1.29, 1.82) is 0 Å². The number of anilines is 1. The first-order valence-electron chi connectivity index (χ1n) is 8.70. The number of nitrogens with zero attached hydrogens (tertiary/aromatic N) is 3. The van der Waals surface area contributed by atoms with E-state index in [2.05, 4.69) is 25.5 Å². The maximum absolute atomic E-state index is 12.1. The molecular weight excluding hydrogens is 290 g/mol. The molecule has 0 saturated carbocycles. The van der Waals surface area contributed by atoms with Crippen LogP contribution >= 0.6 is 0 Å². The van der Waals surface area contributed by atoms with Gasteiger partial charge >= 0.3 is 0 Å². The summed E-state index contributed by atoms with van der Waals surface area (Å²) in [6.07, 6.45) is 6.17. The van der Waals surface area contributed by atoms with Crippen molar-refractivity contribution in [2.45, 2.75) is 45.6 Å². The Bertz CT molecular complexity index is 556. The first-order chi connectivity index (χ1) is 11.1. The number of aryl methyl sites for hydroxylation is 2. The van der Waals surface area contributed by atoms with Crippen molar-refractivity contribution in [1.82, 2.24) is 20.6 Å². The van der Waals surface area contributed by atoms with Crippen LogP contribution in [0.15, 0.2) is 6.20 Å². The van der Waals surface area contributed by atoms with E-state index < -0.39 is 0 Å². The Morgan fingerprint density at radius 1 is 1.39 bits per heavy atom. The number of hydrogen-bond acceptors (Lipinski definition) is 5. The zero-order chi connectivity index (χ0) is 16.2. The number of carbonyl (C=O) groups excluding carboxylic acids is 1. The smallest absolute Gasteiger partial charge is 0.237 e.